The van der Waals surface area contributed by atoms with Crippen molar-refractivity contribution in [1.82, 2.24) is 20.3 Å². The van der Waals surface area contributed by atoms with Crippen molar-refractivity contribution in [3.8, 4) is 11.3 Å². The predicted octanol–water partition coefficient (Wildman–Crippen LogP) is 3.62. The number of carbonyl (C=O) groups is 1. The Balaban J connectivity index is 1.72. The van der Waals surface area contributed by atoms with Gasteiger partial charge in [0.2, 0.25) is 0 Å². The summed E-state index contributed by atoms with van der Waals surface area (Å²) in [5.41, 5.74) is 3.98. The number of hydrogen-bond acceptors (Lipinski definition) is 4. The van der Waals surface area contributed by atoms with Gasteiger partial charge in [-0.2, -0.15) is 0 Å². The number of nitrogens with one attached hydrogen (secondary N) is 1. The Labute approximate surface area is 150 Å². The fourth-order valence-corrected chi connectivity index (χ4v) is 2.80. The lowest BCUT2D eigenvalue weighted by Gasteiger charge is -2.10. The van der Waals surface area contributed by atoms with Crippen LogP contribution in [0.15, 0.2) is 79.4 Å². The molecule has 3 heterocycles. The third-order valence-corrected chi connectivity index (χ3v) is 4.12. The maximum Gasteiger partial charge on any atom is 0.252 e. The summed E-state index contributed by atoms with van der Waals surface area (Å²) in [6, 6.07) is 17.0. The van der Waals surface area contributed by atoms with Gasteiger partial charge in [-0.3, -0.25) is 14.8 Å². The highest BCUT2D eigenvalue weighted by Gasteiger charge is 2.13. The summed E-state index contributed by atoms with van der Waals surface area (Å²) in [6.45, 7) is 0.445. The molecule has 0 fully saturated rings. The lowest BCUT2D eigenvalue weighted by Crippen LogP contribution is -2.23. The second-order valence-corrected chi connectivity index (χ2v) is 5.85. The molecule has 5 nitrogen and oxygen atoms in total. The van der Waals surface area contributed by atoms with Gasteiger partial charge in [0.15, 0.2) is 0 Å². The van der Waals surface area contributed by atoms with Crippen LogP contribution in [-0.4, -0.2) is 20.9 Å². The van der Waals surface area contributed by atoms with Crippen molar-refractivity contribution in [2.45, 2.75) is 6.54 Å². The molecule has 0 spiro atoms. The van der Waals surface area contributed by atoms with Crippen LogP contribution in [0.4, 0.5) is 0 Å². The summed E-state index contributed by atoms with van der Waals surface area (Å²) in [5, 5.41) is 3.80. The van der Waals surface area contributed by atoms with E-state index in [1.54, 1.807) is 24.8 Å². The van der Waals surface area contributed by atoms with E-state index in [0.29, 0.717) is 12.1 Å². The van der Waals surface area contributed by atoms with E-state index in [4.69, 9.17) is 0 Å². The average Bonchev–Trinajstić information content (AvgIpc) is 2.72. The highest BCUT2D eigenvalue weighted by atomic mass is 16.1. The van der Waals surface area contributed by atoms with E-state index in [-0.39, 0.29) is 5.91 Å². The number of rotatable bonds is 4. The molecule has 0 radical (unpaired) electrons. The summed E-state index contributed by atoms with van der Waals surface area (Å²) < 4.78 is 0. The molecular formula is C21H16N4O. The van der Waals surface area contributed by atoms with Gasteiger partial charge in [-0.05, 0) is 42.0 Å². The summed E-state index contributed by atoms with van der Waals surface area (Å²) in [5.74, 6) is -0.134. The van der Waals surface area contributed by atoms with Crippen molar-refractivity contribution in [1.29, 1.82) is 0 Å². The second-order valence-electron chi connectivity index (χ2n) is 5.85. The van der Waals surface area contributed by atoms with Crippen molar-refractivity contribution >= 4 is 16.8 Å². The van der Waals surface area contributed by atoms with Crippen LogP contribution in [0.1, 0.15) is 15.9 Å². The van der Waals surface area contributed by atoms with Crippen molar-refractivity contribution in [3.05, 3.63) is 90.5 Å². The highest BCUT2D eigenvalue weighted by Crippen LogP contribution is 2.24. The van der Waals surface area contributed by atoms with E-state index in [9.17, 15) is 4.79 Å². The lowest BCUT2D eigenvalue weighted by atomic mass is 10.0. The number of benzene rings is 1. The van der Waals surface area contributed by atoms with Gasteiger partial charge >= 0.3 is 0 Å². The summed E-state index contributed by atoms with van der Waals surface area (Å²) in [4.78, 5) is 25.7. The van der Waals surface area contributed by atoms with E-state index in [2.05, 4.69) is 20.3 Å². The van der Waals surface area contributed by atoms with Gasteiger partial charge in [-0.25, -0.2) is 4.98 Å². The maximum absolute atomic E-state index is 12.8. The van der Waals surface area contributed by atoms with Gasteiger partial charge in [-0.1, -0.05) is 18.2 Å². The molecule has 0 saturated heterocycles. The predicted molar refractivity (Wildman–Crippen MR) is 100 cm³/mol. The molecule has 1 N–H and O–H groups in total. The van der Waals surface area contributed by atoms with Crippen molar-refractivity contribution in [2.24, 2.45) is 0 Å². The monoisotopic (exact) mass is 340 g/mol. The second kappa shape index (κ2) is 7.11. The van der Waals surface area contributed by atoms with Gasteiger partial charge < -0.3 is 5.32 Å². The third kappa shape index (κ3) is 3.28. The zero-order valence-corrected chi connectivity index (χ0v) is 14.0. The topological polar surface area (TPSA) is 67.8 Å². The van der Waals surface area contributed by atoms with Crippen LogP contribution < -0.4 is 5.32 Å². The normalized spacial score (nSPS) is 10.6. The smallest absolute Gasteiger partial charge is 0.252 e. The molecule has 4 aromatic rings. The summed E-state index contributed by atoms with van der Waals surface area (Å²) in [7, 11) is 0. The molecule has 1 amide bonds. The minimum Gasteiger partial charge on any atom is -0.348 e. The Morgan fingerprint density at radius 1 is 0.923 bits per heavy atom. The molecule has 0 aliphatic heterocycles. The van der Waals surface area contributed by atoms with E-state index in [1.165, 1.54) is 0 Å². The molecule has 4 rings (SSSR count). The molecule has 0 saturated carbocycles. The quantitative estimate of drug-likeness (QED) is 0.616. The Morgan fingerprint density at radius 2 is 1.77 bits per heavy atom. The molecule has 26 heavy (non-hydrogen) atoms. The Bertz CT molecular complexity index is 1050. The molecule has 0 unspecified atom stereocenters. The van der Waals surface area contributed by atoms with Crippen LogP contribution in [0.2, 0.25) is 0 Å². The first kappa shape index (κ1) is 15.9. The number of aromatic nitrogens is 3. The van der Waals surface area contributed by atoms with Gasteiger partial charge in [0, 0.05) is 42.3 Å². The number of fused-ring (bicyclic) bond motifs is 1. The van der Waals surface area contributed by atoms with Crippen LogP contribution in [0.5, 0.6) is 0 Å². The molecule has 0 atom stereocenters. The van der Waals surface area contributed by atoms with Gasteiger partial charge in [0.1, 0.15) is 0 Å². The minimum absolute atomic E-state index is 0.134. The van der Waals surface area contributed by atoms with Gasteiger partial charge in [-0.15, -0.1) is 0 Å². The number of carbonyl (C=O) groups excluding carboxylic acids is 1. The molecular weight excluding hydrogens is 324 g/mol. The summed E-state index contributed by atoms with van der Waals surface area (Å²) >= 11 is 0. The van der Waals surface area contributed by atoms with E-state index < -0.39 is 0 Å². The molecule has 3 aromatic heterocycles. The largest absolute Gasteiger partial charge is 0.348 e. The Hall–Kier alpha value is -3.60. The number of para-hydroxylation sites is 1. The zero-order valence-electron chi connectivity index (χ0n) is 14.0. The first-order chi connectivity index (χ1) is 12.8. The van der Waals surface area contributed by atoms with Crippen molar-refractivity contribution < 1.29 is 4.79 Å². The Kier molecular flexibility index (Phi) is 4.35. The molecule has 1 aromatic carbocycles. The van der Waals surface area contributed by atoms with Crippen molar-refractivity contribution in [2.75, 3.05) is 0 Å². The van der Waals surface area contributed by atoms with Crippen molar-refractivity contribution in [3.63, 3.8) is 0 Å². The molecule has 0 bridgehead atoms. The number of pyridine rings is 3. The fourth-order valence-electron chi connectivity index (χ4n) is 2.80. The highest BCUT2D eigenvalue weighted by molar-refractivity contribution is 6.07. The number of amides is 1. The number of hydrogen-bond donors (Lipinski definition) is 1. The first-order valence-electron chi connectivity index (χ1n) is 8.28. The van der Waals surface area contributed by atoms with Gasteiger partial charge in [0.25, 0.3) is 5.91 Å². The summed E-state index contributed by atoms with van der Waals surface area (Å²) in [6.07, 6.45) is 6.89. The molecule has 5 heteroatoms. The van der Waals surface area contributed by atoms with Crippen LogP contribution in [-0.2, 0) is 6.54 Å². The molecule has 126 valence electrons. The van der Waals surface area contributed by atoms with E-state index >= 15 is 0 Å². The van der Waals surface area contributed by atoms with Crippen LogP contribution >= 0.6 is 0 Å². The maximum atomic E-state index is 12.8. The SMILES string of the molecule is O=C(NCc1ccncc1)c1cc(-c2cccnc2)nc2ccccc12. The van der Waals surface area contributed by atoms with E-state index in [0.717, 1.165) is 27.7 Å². The van der Waals surface area contributed by atoms with Crippen LogP contribution in [0, 0.1) is 0 Å². The van der Waals surface area contributed by atoms with Crippen LogP contribution in [0.3, 0.4) is 0 Å². The number of nitrogens with zero attached hydrogens (tertiary/aromatic N) is 3. The van der Waals surface area contributed by atoms with E-state index in [1.807, 2.05) is 54.6 Å². The minimum atomic E-state index is -0.134. The lowest BCUT2D eigenvalue weighted by molar-refractivity contribution is 0.0952. The van der Waals surface area contributed by atoms with Crippen LogP contribution in [0.25, 0.3) is 22.2 Å². The zero-order chi connectivity index (χ0) is 17.8. The van der Waals surface area contributed by atoms with Gasteiger partial charge in [0.05, 0.1) is 16.8 Å². The fraction of sp³-hybridized carbons (Fsp3) is 0.0476. The molecule has 0 aliphatic rings. The third-order valence-electron chi connectivity index (χ3n) is 4.12. The first-order valence-corrected chi connectivity index (χ1v) is 8.28. The Morgan fingerprint density at radius 3 is 2.58 bits per heavy atom. The molecule has 0 aliphatic carbocycles. The average molecular weight is 340 g/mol. The standard InChI is InChI=1S/C21H16N4O/c26-21(24-13-15-7-10-22-11-8-15)18-12-20(16-4-3-9-23-14-16)25-19-6-2-1-5-17(18)19/h1-12,14H,13H2,(H,24,26).